The third kappa shape index (κ3) is 2.65. The predicted molar refractivity (Wildman–Crippen MR) is 85.0 cm³/mol. The molecule has 6 heteroatoms. The van der Waals surface area contributed by atoms with Crippen molar-refractivity contribution in [2.75, 3.05) is 31.9 Å². The quantitative estimate of drug-likeness (QED) is 0.837. The summed E-state index contributed by atoms with van der Waals surface area (Å²) >= 11 is 0. The van der Waals surface area contributed by atoms with Crippen molar-refractivity contribution in [3.63, 3.8) is 0 Å². The molecule has 0 aromatic heterocycles. The van der Waals surface area contributed by atoms with Gasteiger partial charge in [-0.3, -0.25) is 4.79 Å². The van der Waals surface area contributed by atoms with E-state index in [9.17, 15) is 13.2 Å². The molecule has 1 saturated heterocycles. The lowest BCUT2D eigenvalue weighted by Crippen LogP contribution is -2.53. The molecule has 1 amide bonds. The molecule has 0 spiro atoms. The van der Waals surface area contributed by atoms with Gasteiger partial charge in [-0.1, -0.05) is 30.3 Å². The molecule has 1 aromatic rings. The first-order valence-electron chi connectivity index (χ1n) is 7.82. The molecule has 1 heterocycles. The largest absolute Gasteiger partial charge is 0.339 e. The van der Waals surface area contributed by atoms with E-state index in [2.05, 4.69) is 0 Å². The molecule has 0 N–H and O–H groups in total. The molecule has 0 unspecified atom stereocenters. The second kappa shape index (κ2) is 5.66. The monoisotopic (exact) mass is 322 g/mol. The molecule has 1 aliphatic heterocycles. The van der Waals surface area contributed by atoms with Gasteiger partial charge in [-0.05, 0) is 25.3 Å². The average Bonchev–Trinajstić information content (AvgIpc) is 3.37. The summed E-state index contributed by atoms with van der Waals surface area (Å²) in [5, 5.41) is 0. The summed E-state index contributed by atoms with van der Waals surface area (Å²) in [6, 6.07) is 9.92. The lowest BCUT2D eigenvalue weighted by atomic mass is 9.94. The zero-order chi connectivity index (χ0) is 15.8. The van der Waals surface area contributed by atoms with Crippen LogP contribution in [-0.2, 0) is 20.2 Å². The van der Waals surface area contributed by atoms with Crippen molar-refractivity contribution >= 4 is 15.9 Å². The maximum absolute atomic E-state index is 12.9. The molecule has 2 aliphatic rings. The molecule has 3 rings (SSSR count). The van der Waals surface area contributed by atoms with Gasteiger partial charge in [-0.15, -0.1) is 0 Å². The molecular weight excluding hydrogens is 300 g/mol. The van der Waals surface area contributed by atoms with Gasteiger partial charge in [0.2, 0.25) is 15.9 Å². The zero-order valence-corrected chi connectivity index (χ0v) is 13.7. The lowest BCUT2D eigenvalue weighted by Gasteiger charge is -2.36. The second-order valence-electron chi connectivity index (χ2n) is 6.04. The third-order valence-electron chi connectivity index (χ3n) is 4.77. The van der Waals surface area contributed by atoms with Crippen molar-refractivity contribution in [3.05, 3.63) is 35.9 Å². The summed E-state index contributed by atoms with van der Waals surface area (Å²) < 4.78 is 25.3. The van der Waals surface area contributed by atoms with E-state index in [1.165, 1.54) is 4.31 Å². The van der Waals surface area contributed by atoms with Gasteiger partial charge in [0.05, 0.1) is 11.2 Å². The Morgan fingerprint density at radius 2 is 1.68 bits per heavy atom. The van der Waals surface area contributed by atoms with Gasteiger partial charge in [0.1, 0.15) is 0 Å². The average molecular weight is 322 g/mol. The molecule has 2 fully saturated rings. The molecule has 120 valence electrons. The highest BCUT2D eigenvalue weighted by Crippen LogP contribution is 2.49. The number of piperazine rings is 1. The third-order valence-corrected chi connectivity index (χ3v) is 6.65. The maximum Gasteiger partial charge on any atom is 0.233 e. The fourth-order valence-corrected chi connectivity index (χ4v) is 4.25. The summed E-state index contributed by atoms with van der Waals surface area (Å²) in [7, 11) is -3.15. The molecule has 1 aromatic carbocycles. The predicted octanol–water partition coefficient (Wildman–Crippen LogP) is 1.21. The molecule has 1 aliphatic carbocycles. The zero-order valence-electron chi connectivity index (χ0n) is 12.9. The molecule has 22 heavy (non-hydrogen) atoms. The number of benzene rings is 1. The Bertz CT molecular complexity index is 645. The first-order valence-corrected chi connectivity index (χ1v) is 9.43. The van der Waals surface area contributed by atoms with Crippen LogP contribution in [0.4, 0.5) is 0 Å². The van der Waals surface area contributed by atoms with Crippen molar-refractivity contribution in [1.82, 2.24) is 9.21 Å². The number of sulfonamides is 1. The summed E-state index contributed by atoms with van der Waals surface area (Å²) in [6.45, 7) is 3.46. The highest BCUT2D eigenvalue weighted by Gasteiger charge is 2.53. The van der Waals surface area contributed by atoms with Crippen LogP contribution in [0, 0.1) is 0 Å². The highest BCUT2D eigenvalue weighted by atomic mass is 32.2. The SMILES string of the molecule is CCS(=O)(=O)N1CCN(C(=O)C2(c3ccccc3)CC2)CC1. The van der Waals surface area contributed by atoms with Gasteiger partial charge < -0.3 is 4.90 Å². The van der Waals surface area contributed by atoms with Gasteiger partial charge in [-0.2, -0.15) is 4.31 Å². The molecule has 0 atom stereocenters. The van der Waals surface area contributed by atoms with Crippen LogP contribution in [0.1, 0.15) is 25.3 Å². The van der Waals surface area contributed by atoms with E-state index in [1.54, 1.807) is 6.92 Å². The van der Waals surface area contributed by atoms with Crippen LogP contribution >= 0.6 is 0 Å². The Kier molecular flexibility index (Phi) is 3.99. The Morgan fingerprint density at radius 1 is 1.09 bits per heavy atom. The number of hydrogen-bond donors (Lipinski definition) is 0. The first kappa shape index (κ1) is 15.5. The number of carbonyl (C=O) groups is 1. The number of carbonyl (C=O) groups excluding carboxylic acids is 1. The molecule has 1 saturated carbocycles. The smallest absolute Gasteiger partial charge is 0.233 e. The highest BCUT2D eigenvalue weighted by molar-refractivity contribution is 7.89. The number of amides is 1. The van der Waals surface area contributed by atoms with Gasteiger partial charge in [0.15, 0.2) is 0 Å². The van der Waals surface area contributed by atoms with Crippen molar-refractivity contribution in [1.29, 1.82) is 0 Å². The normalized spacial score (nSPS) is 21.6. The topological polar surface area (TPSA) is 57.7 Å². The van der Waals surface area contributed by atoms with Crippen molar-refractivity contribution in [3.8, 4) is 0 Å². The summed E-state index contributed by atoms with van der Waals surface area (Å²) in [5.74, 6) is 0.279. The minimum Gasteiger partial charge on any atom is -0.339 e. The van der Waals surface area contributed by atoms with Crippen molar-refractivity contribution in [2.24, 2.45) is 0 Å². The van der Waals surface area contributed by atoms with Gasteiger partial charge in [-0.25, -0.2) is 8.42 Å². The van der Waals surface area contributed by atoms with Gasteiger partial charge in [0, 0.05) is 26.2 Å². The van der Waals surface area contributed by atoms with E-state index in [0.29, 0.717) is 26.2 Å². The van der Waals surface area contributed by atoms with Crippen molar-refractivity contribution < 1.29 is 13.2 Å². The van der Waals surface area contributed by atoms with Crippen LogP contribution < -0.4 is 0 Å². The van der Waals surface area contributed by atoms with E-state index >= 15 is 0 Å². The number of rotatable bonds is 4. The summed E-state index contributed by atoms with van der Waals surface area (Å²) in [6.07, 6.45) is 1.78. The fourth-order valence-electron chi connectivity index (χ4n) is 3.16. The maximum atomic E-state index is 12.9. The van der Waals surface area contributed by atoms with Crippen LogP contribution in [0.5, 0.6) is 0 Å². The van der Waals surface area contributed by atoms with E-state index in [1.807, 2.05) is 35.2 Å². The van der Waals surface area contributed by atoms with Crippen LogP contribution in [0.25, 0.3) is 0 Å². The van der Waals surface area contributed by atoms with Crippen LogP contribution in [0.15, 0.2) is 30.3 Å². The minimum absolute atomic E-state index is 0.120. The summed E-state index contributed by atoms with van der Waals surface area (Å²) in [5.41, 5.74) is 0.733. The second-order valence-corrected chi connectivity index (χ2v) is 8.30. The minimum atomic E-state index is -3.15. The number of nitrogens with zero attached hydrogens (tertiary/aromatic N) is 2. The van der Waals surface area contributed by atoms with Crippen molar-refractivity contribution in [2.45, 2.75) is 25.2 Å². The Hall–Kier alpha value is -1.40. The Labute approximate surface area is 132 Å². The van der Waals surface area contributed by atoms with E-state index < -0.39 is 10.0 Å². The lowest BCUT2D eigenvalue weighted by molar-refractivity contribution is -0.135. The Morgan fingerprint density at radius 3 is 2.18 bits per heavy atom. The van der Waals surface area contributed by atoms with Gasteiger partial charge >= 0.3 is 0 Å². The summed E-state index contributed by atoms with van der Waals surface area (Å²) in [4.78, 5) is 14.7. The van der Waals surface area contributed by atoms with Gasteiger partial charge in [0.25, 0.3) is 0 Å². The van der Waals surface area contributed by atoms with Crippen LogP contribution in [0.3, 0.4) is 0 Å². The van der Waals surface area contributed by atoms with E-state index in [0.717, 1.165) is 18.4 Å². The Balaban J connectivity index is 1.69. The first-order chi connectivity index (χ1) is 10.5. The van der Waals surface area contributed by atoms with E-state index in [-0.39, 0.29) is 17.1 Å². The van der Waals surface area contributed by atoms with Crippen LogP contribution in [-0.4, -0.2) is 55.5 Å². The molecular formula is C16H22N2O3S. The number of hydrogen-bond acceptors (Lipinski definition) is 3. The molecule has 5 nitrogen and oxygen atoms in total. The van der Waals surface area contributed by atoms with E-state index in [4.69, 9.17) is 0 Å². The molecule has 0 radical (unpaired) electrons. The molecule has 0 bridgehead atoms. The fraction of sp³-hybridized carbons (Fsp3) is 0.562. The van der Waals surface area contributed by atoms with Crippen LogP contribution in [0.2, 0.25) is 0 Å². The standard InChI is InChI=1S/C16H22N2O3S/c1-2-22(20,21)18-12-10-17(11-13-18)15(19)16(8-9-16)14-6-4-3-5-7-14/h3-7H,2,8-13H2,1H3.